The van der Waals surface area contributed by atoms with Crippen molar-refractivity contribution in [3.63, 3.8) is 0 Å². The zero-order valence-electron chi connectivity index (χ0n) is 20.0. The quantitative estimate of drug-likeness (QED) is 0.550. The second-order valence-electron chi connectivity index (χ2n) is 10.0. The minimum absolute atomic E-state index is 0.0181. The molecule has 4 rings (SSSR count). The summed E-state index contributed by atoms with van der Waals surface area (Å²) in [7, 11) is 2.02. The minimum atomic E-state index is 0.0181. The van der Waals surface area contributed by atoms with E-state index in [1.807, 2.05) is 26.1 Å². The highest BCUT2D eigenvalue weighted by atomic mass is 16.5. The van der Waals surface area contributed by atoms with Gasteiger partial charge in [0.1, 0.15) is 11.4 Å². The third-order valence-electron chi connectivity index (χ3n) is 6.15. The van der Waals surface area contributed by atoms with Gasteiger partial charge in [-0.15, -0.1) is 10.2 Å². The maximum absolute atomic E-state index is 11.1. The molecule has 2 N–H and O–H groups in total. The lowest BCUT2D eigenvalue weighted by Gasteiger charge is -2.48. The fourth-order valence-corrected chi connectivity index (χ4v) is 4.95. The van der Waals surface area contributed by atoms with E-state index in [1.165, 1.54) is 0 Å². The molecule has 0 atom stereocenters. The van der Waals surface area contributed by atoms with E-state index in [0.29, 0.717) is 29.4 Å². The summed E-state index contributed by atoms with van der Waals surface area (Å²) in [4.78, 5) is 17.8. The molecule has 0 amide bonds. The van der Waals surface area contributed by atoms with Crippen LogP contribution in [0.2, 0.25) is 0 Å². The predicted octanol–water partition coefficient (Wildman–Crippen LogP) is 3.52. The van der Waals surface area contributed by atoms with E-state index in [4.69, 9.17) is 4.74 Å². The molecule has 0 saturated carbocycles. The zero-order valence-corrected chi connectivity index (χ0v) is 20.0. The van der Waals surface area contributed by atoms with E-state index in [9.17, 15) is 4.79 Å². The van der Waals surface area contributed by atoms with E-state index >= 15 is 0 Å². The predicted molar refractivity (Wildman–Crippen MR) is 127 cm³/mol. The summed E-state index contributed by atoms with van der Waals surface area (Å²) in [6.45, 7) is 11.2. The Morgan fingerprint density at radius 2 is 1.82 bits per heavy atom. The van der Waals surface area contributed by atoms with Crippen LogP contribution in [-0.2, 0) is 4.79 Å². The van der Waals surface area contributed by atoms with Crippen LogP contribution < -0.4 is 15.0 Å². The summed E-state index contributed by atoms with van der Waals surface area (Å²) in [5.41, 5.74) is 3.96. The first kappa shape index (κ1) is 22.8. The van der Waals surface area contributed by atoms with Crippen molar-refractivity contribution in [3.05, 3.63) is 36.3 Å². The first-order valence-corrected chi connectivity index (χ1v) is 11.1. The molecule has 0 unspecified atom stereocenters. The molecule has 0 radical (unpaired) electrons. The van der Waals surface area contributed by atoms with Crippen LogP contribution >= 0.6 is 0 Å². The number of aryl methyl sites for hydroxylation is 1. The third-order valence-corrected chi connectivity index (χ3v) is 6.15. The molecule has 0 spiro atoms. The van der Waals surface area contributed by atoms with Crippen LogP contribution in [0, 0.1) is 6.92 Å². The Balaban J connectivity index is 1.60. The van der Waals surface area contributed by atoms with Gasteiger partial charge in [0.25, 0.3) is 6.47 Å². The van der Waals surface area contributed by atoms with Gasteiger partial charge in [-0.1, -0.05) is 6.07 Å². The van der Waals surface area contributed by atoms with E-state index in [2.05, 4.69) is 63.3 Å². The number of hydrogen-bond donors (Lipinski definition) is 2. The van der Waals surface area contributed by atoms with Crippen molar-refractivity contribution in [2.45, 2.75) is 64.6 Å². The summed E-state index contributed by atoms with van der Waals surface area (Å²) < 4.78 is 5.26. The molecule has 1 aromatic carbocycles. The maximum atomic E-state index is 11.1. The summed E-state index contributed by atoms with van der Waals surface area (Å²) in [5, 5.41) is 19.5. The Kier molecular flexibility index (Phi) is 5.92. The number of benzene rings is 1. The fraction of sp³-hybridized carbons (Fsp3) is 0.458. The normalized spacial score (nSPS) is 17.5. The summed E-state index contributed by atoms with van der Waals surface area (Å²) in [6.07, 6.45) is 5.37. The number of piperidine rings is 1. The lowest BCUT2D eigenvalue weighted by atomic mass is 9.79. The number of nitrogens with one attached hydrogen (secondary N) is 2. The van der Waals surface area contributed by atoms with Crippen molar-refractivity contribution in [2.75, 3.05) is 11.9 Å². The van der Waals surface area contributed by atoms with E-state index in [1.54, 1.807) is 18.5 Å². The number of carbonyl (C=O) groups is 1. The van der Waals surface area contributed by atoms with E-state index in [0.717, 1.165) is 29.7 Å². The average Bonchev–Trinajstić information content (AvgIpc) is 3.17. The molecule has 2 aromatic heterocycles. The van der Waals surface area contributed by atoms with Crippen LogP contribution in [0.3, 0.4) is 0 Å². The number of anilines is 1. The summed E-state index contributed by atoms with van der Waals surface area (Å²) in [5.74, 6) is 0.961. The van der Waals surface area contributed by atoms with Gasteiger partial charge < -0.3 is 15.0 Å². The third kappa shape index (κ3) is 4.88. The van der Waals surface area contributed by atoms with Gasteiger partial charge >= 0.3 is 0 Å². The molecule has 1 aliphatic rings. The largest absolute Gasteiger partial charge is 0.428 e. The summed E-state index contributed by atoms with van der Waals surface area (Å²) in [6, 6.07) is 5.87. The number of ether oxygens (including phenoxy) is 1. The molecular weight excluding hydrogens is 418 g/mol. The van der Waals surface area contributed by atoms with Gasteiger partial charge in [0.2, 0.25) is 5.95 Å². The van der Waals surface area contributed by atoms with Crippen molar-refractivity contribution in [3.8, 4) is 28.1 Å². The smallest absolute Gasteiger partial charge is 0.298 e. The first-order chi connectivity index (χ1) is 15.6. The second kappa shape index (κ2) is 8.55. The number of nitrogens with zero attached hydrogens (tertiary/aromatic N) is 5. The highest BCUT2D eigenvalue weighted by molar-refractivity contribution is 5.76. The van der Waals surface area contributed by atoms with Gasteiger partial charge in [-0.3, -0.25) is 9.89 Å². The Morgan fingerprint density at radius 1 is 1.09 bits per heavy atom. The SMILES string of the molecule is Cc1[nH]ncc1-c1ccc(-c2cnc(N(C)C3CC(C)(C)NC(C)(C)C3)nn2)c(OC=O)c1. The van der Waals surface area contributed by atoms with Crippen molar-refractivity contribution >= 4 is 12.4 Å². The van der Waals surface area contributed by atoms with E-state index < -0.39 is 0 Å². The second-order valence-corrected chi connectivity index (χ2v) is 10.0. The number of aromatic nitrogens is 5. The molecule has 3 heterocycles. The number of carbonyl (C=O) groups excluding carboxylic acids is 1. The van der Waals surface area contributed by atoms with Crippen LogP contribution in [0.25, 0.3) is 22.4 Å². The average molecular weight is 450 g/mol. The fourth-order valence-electron chi connectivity index (χ4n) is 4.95. The molecule has 9 nitrogen and oxygen atoms in total. The number of rotatable bonds is 6. The first-order valence-electron chi connectivity index (χ1n) is 11.1. The van der Waals surface area contributed by atoms with Gasteiger partial charge in [0, 0.05) is 41.0 Å². The van der Waals surface area contributed by atoms with Crippen LogP contribution in [0.15, 0.2) is 30.6 Å². The topological polar surface area (TPSA) is 109 Å². The molecule has 0 bridgehead atoms. The van der Waals surface area contributed by atoms with Gasteiger partial charge in [-0.25, -0.2) is 4.98 Å². The Labute approximate surface area is 194 Å². The molecule has 0 aliphatic carbocycles. The van der Waals surface area contributed by atoms with Crippen LogP contribution in [0.4, 0.5) is 5.95 Å². The molecule has 174 valence electrons. The Hall–Kier alpha value is -3.33. The van der Waals surface area contributed by atoms with E-state index in [-0.39, 0.29) is 17.1 Å². The van der Waals surface area contributed by atoms with Crippen molar-refractivity contribution in [1.29, 1.82) is 0 Å². The standard InChI is InChI=1S/C24H31N7O2/c1-15-19(12-26-27-15)16-7-8-18(21(9-16)33-14-32)20-13-25-22(29-28-20)31(6)17-10-23(2,3)30-24(4,5)11-17/h7-9,12-14,17,30H,10-11H2,1-6H3,(H,26,27). The number of hydrogen-bond acceptors (Lipinski definition) is 8. The Bertz CT molecular complexity index is 1120. The van der Waals surface area contributed by atoms with Crippen molar-refractivity contribution in [1.82, 2.24) is 30.7 Å². The monoisotopic (exact) mass is 449 g/mol. The molecule has 1 fully saturated rings. The van der Waals surface area contributed by atoms with Crippen molar-refractivity contribution in [2.24, 2.45) is 0 Å². The van der Waals surface area contributed by atoms with Gasteiger partial charge in [0.15, 0.2) is 0 Å². The van der Waals surface area contributed by atoms with Crippen LogP contribution in [0.5, 0.6) is 5.75 Å². The van der Waals surface area contributed by atoms with Crippen LogP contribution in [0.1, 0.15) is 46.2 Å². The number of H-pyrrole nitrogens is 1. The highest BCUT2D eigenvalue weighted by Crippen LogP contribution is 2.35. The van der Waals surface area contributed by atoms with Gasteiger partial charge in [-0.2, -0.15) is 5.10 Å². The molecule has 3 aromatic rings. The molecule has 33 heavy (non-hydrogen) atoms. The van der Waals surface area contributed by atoms with Crippen LogP contribution in [-0.4, -0.2) is 56.0 Å². The molecule has 1 aliphatic heterocycles. The minimum Gasteiger partial charge on any atom is -0.428 e. The number of aromatic amines is 1. The Morgan fingerprint density at radius 3 is 2.39 bits per heavy atom. The maximum Gasteiger partial charge on any atom is 0.298 e. The molecule has 9 heteroatoms. The molecule has 1 saturated heterocycles. The lowest BCUT2D eigenvalue weighted by Crippen LogP contribution is -2.62. The van der Waals surface area contributed by atoms with Gasteiger partial charge in [-0.05, 0) is 65.2 Å². The zero-order chi connectivity index (χ0) is 23.8. The molecular formula is C24H31N7O2. The summed E-state index contributed by atoms with van der Waals surface area (Å²) >= 11 is 0. The highest BCUT2D eigenvalue weighted by Gasteiger charge is 2.39. The lowest BCUT2D eigenvalue weighted by molar-refractivity contribution is -0.120. The van der Waals surface area contributed by atoms with Gasteiger partial charge in [0.05, 0.1) is 12.4 Å². The van der Waals surface area contributed by atoms with Crippen molar-refractivity contribution < 1.29 is 9.53 Å².